The monoisotopic (exact) mass is 349 g/mol. The molecule has 1 fully saturated rings. The molecule has 1 N–H and O–H groups in total. The van der Waals surface area contributed by atoms with Crippen molar-refractivity contribution in [2.75, 3.05) is 5.32 Å². The molecular weight excluding hydrogens is 334 g/mol. The van der Waals surface area contributed by atoms with Gasteiger partial charge in [-0.05, 0) is 0 Å². The maximum absolute atomic E-state index is 13.1. The number of aromatic nitrogens is 2. The summed E-state index contributed by atoms with van der Waals surface area (Å²) in [6.45, 7) is 0. The van der Waals surface area contributed by atoms with Gasteiger partial charge in [0.15, 0.2) is 0 Å². The van der Waals surface area contributed by atoms with Crippen LogP contribution in [0.3, 0.4) is 0 Å². The Morgan fingerprint density at radius 1 is 1.15 bits per heavy atom. The predicted molar refractivity (Wildman–Crippen MR) is 71.9 cm³/mol. The van der Waals surface area contributed by atoms with Gasteiger partial charge >= 0.3 is 120 Å². The average Bonchev–Trinajstić information content (AvgIpc) is 2.87. The minimum absolute atomic E-state index is 0.171. The third kappa shape index (κ3) is 2.69. The Morgan fingerprint density at radius 3 is 2.75 bits per heavy atom. The first-order valence-electron chi connectivity index (χ1n) is 6.60. The molecule has 1 aromatic heterocycles. The summed E-state index contributed by atoms with van der Waals surface area (Å²) in [5, 5.41) is 3.07. The number of anilines is 1. The van der Waals surface area contributed by atoms with Gasteiger partial charge in [-0.25, -0.2) is 0 Å². The summed E-state index contributed by atoms with van der Waals surface area (Å²) in [6.07, 6.45) is -1.89. The molecule has 1 aromatic carbocycles. The molecule has 20 heavy (non-hydrogen) atoms. The zero-order valence-electron chi connectivity index (χ0n) is 10.7. The van der Waals surface area contributed by atoms with Gasteiger partial charge < -0.3 is 0 Å². The third-order valence-electron chi connectivity index (χ3n) is 3.81. The standard InChI is InChI=1S/C13H14F3N3Se/c14-13(15,16)8-4-1-2-5-9(8)17-10-6-3-7-11-12(10)19-20-18-11/h3,6-9,17H,1-2,4-5H2. The molecule has 2 unspecified atom stereocenters. The fourth-order valence-electron chi connectivity index (χ4n) is 2.82. The molecule has 3 nitrogen and oxygen atoms in total. The number of halogens is 3. The second kappa shape index (κ2) is 5.37. The molecule has 7 heteroatoms. The van der Waals surface area contributed by atoms with E-state index in [-0.39, 0.29) is 21.4 Å². The first-order valence-corrected chi connectivity index (χ1v) is 8.13. The number of rotatable bonds is 2. The summed E-state index contributed by atoms with van der Waals surface area (Å²) in [5.74, 6) is -1.27. The quantitative estimate of drug-likeness (QED) is 0.847. The van der Waals surface area contributed by atoms with Crippen LogP contribution in [0.15, 0.2) is 18.2 Å². The van der Waals surface area contributed by atoms with Crippen LogP contribution in [0.1, 0.15) is 25.7 Å². The molecule has 108 valence electrons. The number of hydrogen-bond acceptors (Lipinski definition) is 3. The number of benzene rings is 1. The second-order valence-electron chi connectivity index (χ2n) is 5.12. The zero-order valence-corrected chi connectivity index (χ0v) is 12.4. The second-order valence-corrected chi connectivity index (χ2v) is 6.23. The Hall–Kier alpha value is -1.07. The van der Waals surface area contributed by atoms with E-state index in [1.165, 1.54) is 0 Å². The van der Waals surface area contributed by atoms with Crippen LogP contribution in [-0.2, 0) is 0 Å². The molecule has 1 aliphatic rings. The molecule has 2 aromatic rings. The van der Waals surface area contributed by atoms with Crippen LogP contribution >= 0.6 is 0 Å². The molecule has 0 saturated heterocycles. The van der Waals surface area contributed by atoms with Crippen LogP contribution in [0.4, 0.5) is 18.9 Å². The number of hydrogen-bond donors (Lipinski definition) is 1. The fraction of sp³-hybridized carbons (Fsp3) is 0.538. The Bertz CT molecular complexity index is 596. The number of nitrogens with one attached hydrogen (secondary N) is 1. The fourth-order valence-corrected chi connectivity index (χ4v) is 3.97. The van der Waals surface area contributed by atoms with Crippen LogP contribution in [0, 0.1) is 5.92 Å². The van der Waals surface area contributed by atoms with Gasteiger partial charge in [0, 0.05) is 0 Å². The van der Waals surface area contributed by atoms with Crippen LogP contribution < -0.4 is 5.32 Å². The van der Waals surface area contributed by atoms with Crippen molar-refractivity contribution in [3.63, 3.8) is 0 Å². The van der Waals surface area contributed by atoms with E-state index in [0.29, 0.717) is 18.5 Å². The van der Waals surface area contributed by atoms with E-state index in [1.54, 1.807) is 6.07 Å². The summed E-state index contributed by atoms with van der Waals surface area (Å²) in [7, 11) is 0. The van der Waals surface area contributed by atoms with Gasteiger partial charge in [0.2, 0.25) is 0 Å². The van der Waals surface area contributed by atoms with Crippen molar-refractivity contribution in [3.05, 3.63) is 18.2 Å². The Labute approximate surface area is 120 Å². The zero-order chi connectivity index (χ0) is 14.2. The van der Waals surface area contributed by atoms with E-state index in [4.69, 9.17) is 0 Å². The molecule has 1 saturated carbocycles. The van der Waals surface area contributed by atoms with Crippen molar-refractivity contribution in [3.8, 4) is 0 Å². The van der Waals surface area contributed by atoms with Gasteiger partial charge in [-0.2, -0.15) is 0 Å². The van der Waals surface area contributed by atoms with Crippen LogP contribution in [0.25, 0.3) is 11.0 Å². The number of nitrogens with zero attached hydrogens (tertiary/aromatic N) is 2. The van der Waals surface area contributed by atoms with Gasteiger partial charge in [-0.3, -0.25) is 0 Å². The number of fused-ring (bicyclic) bond motifs is 1. The first-order chi connectivity index (χ1) is 9.55. The third-order valence-corrected chi connectivity index (χ3v) is 4.95. The molecule has 1 heterocycles. The normalized spacial score (nSPS) is 23.9. The molecule has 2 atom stereocenters. The van der Waals surface area contributed by atoms with Gasteiger partial charge in [0.05, 0.1) is 0 Å². The van der Waals surface area contributed by atoms with Crippen LogP contribution in [-0.4, -0.2) is 35.1 Å². The van der Waals surface area contributed by atoms with Crippen molar-refractivity contribution < 1.29 is 13.2 Å². The minimum atomic E-state index is -4.14. The van der Waals surface area contributed by atoms with Gasteiger partial charge in [-0.15, -0.1) is 0 Å². The summed E-state index contributed by atoms with van der Waals surface area (Å²) < 4.78 is 47.8. The van der Waals surface area contributed by atoms with Crippen LogP contribution in [0.5, 0.6) is 0 Å². The van der Waals surface area contributed by atoms with Crippen LogP contribution in [0.2, 0.25) is 0 Å². The summed E-state index contributed by atoms with van der Waals surface area (Å²) in [4.78, 5) is 0. The number of alkyl halides is 3. The molecular formula is C13H14F3N3Se. The summed E-state index contributed by atoms with van der Waals surface area (Å²) in [6, 6.07) is 4.90. The molecule has 0 aliphatic heterocycles. The molecule has 0 amide bonds. The van der Waals surface area contributed by atoms with Crippen molar-refractivity contribution in [1.29, 1.82) is 0 Å². The predicted octanol–water partition coefficient (Wildman–Crippen LogP) is 3.22. The summed E-state index contributed by atoms with van der Waals surface area (Å²) >= 11 is -0.171. The van der Waals surface area contributed by atoms with Gasteiger partial charge in [0.1, 0.15) is 0 Å². The van der Waals surface area contributed by atoms with E-state index in [9.17, 15) is 13.2 Å². The van der Waals surface area contributed by atoms with E-state index >= 15 is 0 Å². The molecule has 0 radical (unpaired) electrons. The van der Waals surface area contributed by atoms with Crippen molar-refractivity contribution in [1.82, 2.24) is 7.96 Å². The molecule has 1 aliphatic carbocycles. The van der Waals surface area contributed by atoms with Crippen molar-refractivity contribution >= 4 is 31.7 Å². The molecule has 0 bridgehead atoms. The van der Waals surface area contributed by atoms with E-state index < -0.39 is 18.1 Å². The molecule has 0 spiro atoms. The Morgan fingerprint density at radius 2 is 1.95 bits per heavy atom. The van der Waals surface area contributed by atoms with E-state index in [0.717, 1.165) is 17.5 Å². The van der Waals surface area contributed by atoms with Crippen molar-refractivity contribution in [2.24, 2.45) is 5.92 Å². The van der Waals surface area contributed by atoms with Crippen molar-refractivity contribution in [2.45, 2.75) is 37.9 Å². The topological polar surface area (TPSA) is 37.8 Å². The SMILES string of the molecule is FC(F)(F)C1CCCCC1Nc1cccc2n[se]nc12. The van der Waals surface area contributed by atoms with E-state index in [2.05, 4.69) is 13.3 Å². The summed E-state index contributed by atoms with van der Waals surface area (Å²) in [5.41, 5.74) is 2.19. The first kappa shape index (κ1) is 13.9. The van der Waals surface area contributed by atoms with Gasteiger partial charge in [-0.1, -0.05) is 0 Å². The average molecular weight is 348 g/mol. The Kier molecular flexibility index (Phi) is 3.73. The maximum atomic E-state index is 13.1. The van der Waals surface area contributed by atoms with E-state index in [1.807, 2.05) is 12.1 Å². The molecule has 3 rings (SSSR count). The Balaban J connectivity index is 1.87. The van der Waals surface area contributed by atoms with Gasteiger partial charge in [0.25, 0.3) is 0 Å².